The van der Waals surface area contributed by atoms with E-state index in [1.54, 1.807) is 49.4 Å². The molecule has 0 bridgehead atoms. The summed E-state index contributed by atoms with van der Waals surface area (Å²) in [5, 5.41) is 12.7. The molecule has 15 heteroatoms. The number of hydrogen-bond donors (Lipinski definition) is 2. The van der Waals surface area contributed by atoms with E-state index in [2.05, 4.69) is 5.32 Å². The largest absolute Gasteiger partial charge is 0.497 e. The lowest BCUT2D eigenvalue weighted by molar-refractivity contribution is -0.376. The van der Waals surface area contributed by atoms with Gasteiger partial charge in [-0.3, -0.25) is 9.69 Å². The number of rotatable bonds is 12. The van der Waals surface area contributed by atoms with Crippen LogP contribution in [-0.4, -0.2) is 61.4 Å². The van der Waals surface area contributed by atoms with Gasteiger partial charge >= 0.3 is 18.4 Å². The second-order valence-electron chi connectivity index (χ2n) is 11.5. The number of halogens is 6. The number of nitrogens with one attached hydrogen (secondary N) is 1. The highest BCUT2D eigenvalue weighted by Gasteiger charge is 2.71. The summed E-state index contributed by atoms with van der Waals surface area (Å²) < 4.78 is 103. The molecule has 2 aliphatic rings. The quantitative estimate of drug-likeness (QED) is 0.134. The molecule has 3 aromatic carbocycles. The first-order valence-corrected chi connectivity index (χ1v) is 14.9. The fourth-order valence-corrected chi connectivity index (χ4v) is 5.56. The van der Waals surface area contributed by atoms with Gasteiger partial charge in [0, 0.05) is 12.1 Å². The van der Waals surface area contributed by atoms with Gasteiger partial charge in [0.15, 0.2) is 11.5 Å². The van der Waals surface area contributed by atoms with E-state index in [4.69, 9.17) is 18.9 Å². The van der Waals surface area contributed by atoms with Gasteiger partial charge < -0.3 is 29.4 Å². The normalized spacial score (nSPS) is 17.9. The van der Waals surface area contributed by atoms with Crippen molar-refractivity contribution in [3.8, 4) is 23.0 Å². The highest BCUT2D eigenvalue weighted by atomic mass is 19.4. The Morgan fingerprint density at radius 1 is 0.896 bits per heavy atom. The highest BCUT2D eigenvalue weighted by molar-refractivity contribution is 6.07. The Kier molecular flexibility index (Phi) is 9.46. The van der Waals surface area contributed by atoms with Crippen molar-refractivity contribution in [3.05, 3.63) is 82.9 Å². The molecule has 5 rings (SSSR count). The van der Waals surface area contributed by atoms with Gasteiger partial charge in [0.25, 0.3) is 11.5 Å². The van der Waals surface area contributed by atoms with Gasteiger partial charge in [-0.05, 0) is 85.7 Å². The fourth-order valence-electron chi connectivity index (χ4n) is 5.56. The predicted molar refractivity (Wildman–Crippen MR) is 158 cm³/mol. The monoisotopic (exact) mass is 682 g/mol. The van der Waals surface area contributed by atoms with Gasteiger partial charge in [-0.1, -0.05) is 24.3 Å². The number of alkyl halides is 6. The number of aryl methyl sites for hydroxylation is 2. The third-order valence-corrected chi connectivity index (χ3v) is 8.40. The molecule has 1 saturated heterocycles. The van der Waals surface area contributed by atoms with Crippen molar-refractivity contribution in [2.75, 3.05) is 27.1 Å². The number of hydrogen-bond acceptors (Lipinski definition) is 7. The van der Waals surface area contributed by atoms with Crippen LogP contribution in [0.25, 0.3) is 0 Å². The van der Waals surface area contributed by atoms with Crippen LogP contribution >= 0.6 is 0 Å². The summed E-state index contributed by atoms with van der Waals surface area (Å²) in [5.74, 6) is 1.08. The van der Waals surface area contributed by atoms with E-state index in [1.807, 2.05) is 0 Å². The molecule has 2 aliphatic heterocycles. The first-order chi connectivity index (χ1) is 22.6. The van der Waals surface area contributed by atoms with E-state index in [1.165, 1.54) is 7.11 Å². The number of carbonyl (C=O) groups is 2. The van der Waals surface area contributed by atoms with Crippen LogP contribution in [0.1, 0.15) is 42.0 Å². The smallest absolute Gasteiger partial charge is 0.430 e. The minimum atomic E-state index is -6.04. The van der Waals surface area contributed by atoms with Crippen molar-refractivity contribution >= 4 is 11.9 Å². The summed E-state index contributed by atoms with van der Waals surface area (Å²) in [4.78, 5) is 27.1. The Balaban J connectivity index is 1.26. The minimum absolute atomic E-state index is 0.0117. The molecular weight excluding hydrogens is 650 g/mol. The van der Waals surface area contributed by atoms with Crippen molar-refractivity contribution in [1.29, 1.82) is 0 Å². The summed E-state index contributed by atoms with van der Waals surface area (Å²) in [5.41, 5.74) is -6.57. The van der Waals surface area contributed by atoms with Crippen LogP contribution < -0.4 is 24.3 Å². The predicted octanol–water partition coefficient (Wildman–Crippen LogP) is 6.15. The SMILES string of the molecule is COc1ccc(CCc2cc(C(O)(C(F)(F)F)C(F)(F)F)ccc2OCCCCN2C(=O)NC(C)(c3ccc4c(c3)OCO4)C2=O)cc1. The van der Waals surface area contributed by atoms with E-state index in [0.29, 0.717) is 34.9 Å². The summed E-state index contributed by atoms with van der Waals surface area (Å²) in [6.07, 6.45) is -11.3. The van der Waals surface area contributed by atoms with Gasteiger partial charge in [0.05, 0.1) is 13.7 Å². The van der Waals surface area contributed by atoms with Gasteiger partial charge in [-0.2, -0.15) is 26.3 Å². The number of aliphatic hydroxyl groups is 1. The Labute approximate surface area is 271 Å². The molecular formula is C33H32F6N2O7. The average molecular weight is 683 g/mol. The summed E-state index contributed by atoms with van der Waals surface area (Å²) in [6.45, 7) is 1.62. The number of nitrogens with zero attached hydrogens (tertiary/aromatic N) is 1. The number of amides is 3. The summed E-state index contributed by atoms with van der Waals surface area (Å²) in [6, 6.07) is 13.2. The van der Waals surface area contributed by atoms with Crippen LogP contribution in [-0.2, 0) is 28.8 Å². The maximum absolute atomic E-state index is 13.6. The van der Waals surface area contributed by atoms with Crippen LogP contribution in [0.15, 0.2) is 60.7 Å². The number of benzene rings is 3. The van der Waals surface area contributed by atoms with E-state index in [9.17, 15) is 41.0 Å². The number of carbonyl (C=O) groups excluding carboxylic acids is 2. The molecule has 258 valence electrons. The minimum Gasteiger partial charge on any atom is -0.497 e. The molecule has 0 aromatic heterocycles. The molecule has 3 amide bonds. The zero-order chi connectivity index (χ0) is 34.9. The van der Waals surface area contributed by atoms with Crippen LogP contribution in [0.4, 0.5) is 31.1 Å². The topological polar surface area (TPSA) is 107 Å². The van der Waals surface area contributed by atoms with Crippen molar-refractivity contribution in [1.82, 2.24) is 10.2 Å². The number of fused-ring (bicyclic) bond motifs is 1. The first-order valence-electron chi connectivity index (χ1n) is 14.9. The third kappa shape index (κ3) is 6.55. The molecule has 0 aliphatic carbocycles. The van der Waals surface area contributed by atoms with Gasteiger partial charge in [-0.25, -0.2) is 4.79 Å². The Morgan fingerprint density at radius 2 is 1.58 bits per heavy atom. The Morgan fingerprint density at radius 3 is 2.25 bits per heavy atom. The third-order valence-electron chi connectivity index (χ3n) is 8.40. The second kappa shape index (κ2) is 13.1. The average Bonchev–Trinajstić information content (AvgIpc) is 3.60. The lowest BCUT2D eigenvalue weighted by Crippen LogP contribution is -2.53. The summed E-state index contributed by atoms with van der Waals surface area (Å²) in [7, 11) is 1.47. The zero-order valence-corrected chi connectivity index (χ0v) is 25.8. The molecule has 3 aromatic rings. The molecule has 9 nitrogen and oxygen atoms in total. The Bertz CT molecular complexity index is 1650. The molecule has 2 heterocycles. The van der Waals surface area contributed by atoms with Crippen molar-refractivity contribution in [3.63, 3.8) is 0 Å². The molecule has 0 saturated carbocycles. The number of methoxy groups -OCH3 is 1. The van der Waals surface area contributed by atoms with E-state index >= 15 is 0 Å². The number of urea groups is 1. The second-order valence-corrected chi connectivity index (χ2v) is 11.5. The van der Waals surface area contributed by atoms with Crippen LogP contribution in [0, 0.1) is 0 Å². The zero-order valence-electron chi connectivity index (χ0n) is 25.8. The molecule has 0 spiro atoms. The van der Waals surface area contributed by atoms with Gasteiger partial charge in [0.2, 0.25) is 6.79 Å². The molecule has 1 fully saturated rings. The maximum Gasteiger partial charge on any atom is 0.430 e. The first kappa shape index (κ1) is 34.7. The van der Waals surface area contributed by atoms with Crippen molar-refractivity contribution in [2.45, 2.75) is 56.1 Å². The molecule has 0 radical (unpaired) electrons. The van der Waals surface area contributed by atoms with Crippen molar-refractivity contribution in [2.24, 2.45) is 0 Å². The fraction of sp³-hybridized carbons (Fsp3) is 0.394. The van der Waals surface area contributed by atoms with Gasteiger partial charge in [-0.15, -0.1) is 0 Å². The van der Waals surface area contributed by atoms with Crippen LogP contribution in [0.3, 0.4) is 0 Å². The lowest BCUT2D eigenvalue weighted by atomic mass is 9.89. The van der Waals surface area contributed by atoms with Crippen LogP contribution in [0.5, 0.6) is 23.0 Å². The molecule has 1 atom stereocenters. The molecule has 48 heavy (non-hydrogen) atoms. The van der Waals surface area contributed by atoms with E-state index < -0.39 is 41.0 Å². The van der Waals surface area contributed by atoms with E-state index in [0.717, 1.165) is 16.5 Å². The standard InChI is InChI=1S/C33H32F6N2O7/c1-30(22-9-14-26-27(18-22)48-19-47-26)28(42)41(29(43)40-30)15-3-4-16-46-25-13-10-23(31(44,32(34,35)36)33(37,38)39)17-21(25)8-5-20-6-11-24(45-2)12-7-20/h6-7,9-14,17-18,44H,3-5,8,15-16,19H2,1-2H3,(H,40,43). The molecule has 1 unspecified atom stereocenters. The Hall–Kier alpha value is -4.66. The van der Waals surface area contributed by atoms with Crippen LogP contribution in [0.2, 0.25) is 0 Å². The number of ether oxygens (including phenoxy) is 4. The summed E-state index contributed by atoms with van der Waals surface area (Å²) >= 11 is 0. The van der Waals surface area contributed by atoms with Gasteiger partial charge in [0.1, 0.15) is 17.0 Å². The lowest BCUT2D eigenvalue weighted by Gasteiger charge is -2.33. The number of unbranched alkanes of at least 4 members (excludes halogenated alkanes) is 1. The molecule has 2 N–H and O–H groups in total. The highest BCUT2D eigenvalue weighted by Crippen LogP contribution is 2.50. The number of imide groups is 1. The van der Waals surface area contributed by atoms with Crippen molar-refractivity contribution < 1.29 is 60.0 Å². The van der Waals surface area contributed by atoms with E-state index in [-0.39, 0.29) is 56.9 Å². The maximum atomic E-state index is 13.6.